The standard InChI is InChI=1S/C20H30N6O.HI/c1-2-21-20(22-12-6-7-13-25-16-23-24-17-25)26-14-10-19(11-15-26)27-18-8-4-3-5-9-18;/h3-5,8-9,16-17,19H,2,6-7,10-15H2,1H3,(H,21,22);1H. The van der Waals surface area contributed by atoms with Gasteiger partial charge in [-0.15, -0.1) is 34.2 Å². The molecule has 1 fully saturated rings. The summed E-state index contributed by atoms with van der Waals surface area (Å²) in [6.45, 7) is 6.74. The third kappa shape index (κ3) is 7.29. The molecular formula is C20H31IN6O. The van der Waals surface area contributed by atoms with Crippen LogP contribution < -0.4 is 10.1 Å². The first-order valence-electron chi connectivity index (χ1n) is 9.92. The number of hydrogen-bond donors (Lipinski definition) is 1. The van der Waals surface area contributed by atoms with Gasteiger partial charge in [0.2, 0.25) is 0 Å². The normalized spacial score (nSPS) is 15.2. The van der Waals surface area contributed by atoms with Crippen LogP contribution in [0.25, 0.3) is 0 Å². The molecule has 0 bridgehead atoms. The van der Waals surface area contributed by atoms with Gasteiger partial charge in [-0.05, 0) is 31.9 Å². The summed E-state index contributed by atoms with van der Waals surface area (Å²) in [5.41, 5.74) is 0. The fourth-order valence-corrected chi connectivity index (χ4v) is 3.23. The molecule has 1 aromatic heterocycles. The van der Waals surface area contributed by atoms with Crippen LogP contribution in [0.5, 0.6) is 5.75 Å². The maximum atomic E-state index is 6.09. The minimum atomic E-state index is 0. The number of aryl methyl sites for hydroxylation is 1. The Labute approximate surface area is 184 Å². The van der Waals surface area contributed by atoms with Crippen LogP contribution in [0.2, 0.25) is 0 Å². The number of hydrogen-bond acceptors (Lipinski definition) is 4. The van der Waals surface area contributed by atoms with E-state index in [1.54, 1.807) is 12.7 Å². The number of nitrogens with one attached hydrogen (secondary N) is 1. The van der Waals surface area contributed by atoms with Gasteiger partial charge in [-0.3, -0.25) is 4.99 Å². The fraction of sp³-hybridized carbons (Fsp3) is 0.550. The van der Waals surface area contributed by atoms with E-state index in [1.807, 2.05) is 34.9 Å². The Kier molecular flexibility index (Phi) is 10.1. The summed E-state index contributed by atoms with van der Waals surface area (Å²) in [5.74, 6) is 1.99. The Morgan fingerprint density at radius 3 is 2.54 bits per heavy atom. The molecule has 7 nitrogen and oxygen atoms in total. The van der Waals surface area contributed by atoms with Crippen LogP contribution >= 0.6 is 24.0 Å². The van der Waals surface area contributed by atoms with Crippen LogP contribution in [0.1, 0.15) is 32.6 Å². The molecule has 1 aliphatic rings. The number of aromatic nitrogens is 3. The van der Waals surface area contributed by atoms with Crippen molar-refractivity contribution in [3.63, 3.8) is 0 Å². The van der Waals surface area contributed by atoms with Crippen LogP contribution in [0.15, 0.2) is 48.0 Å². The molecule has 1 aliphatic heterocycles. The van der Waals surface area contributed by atoms with E-state index in [2.05, 4.69) is 27.3 Å². The molecule has 1 aromatic carbocycles. The Morgan fingerprint density at radius 2 is 1.86 bits per heavy atom. The third-order valence-electron chi connectivity index (χ3n) is 4.67. The summed E-state index contributed by atoms with van der Waals surface area (Å²) in [6, 6.07) is 10.1. The lowest BCUT2D eigenvalue weighted by Crippen LogP contribution is -2.47. The van der Waals surface area contributed by atoms with Crippen LogP contribution in [-0.2, 0) is 6.54 Å². The van der Waals surface area contributed by atoms with E-state index in [-0.39, 0.29) is 30.1 Å². The molecule has 0 aliphatic carbocycles. The maximum absolute atomic E-state index is 6.09. The number of halogens is 1. The number of para-hydroxylation sites is 1. The van der Waals surface area contributed by atoms with Crippen LogP contribution in [0.3, 0.4) is 0 Å². The Balaban J connectivity index is 0.00000280. The molecule has 0 radical (unpaired) electrons. The van der Waals surface area contributed by atoms with Gasteiger partial charge in [-0.2, -0.15) is 0 Å². The minimum Gasteiger partial charge on any atom is -0.490 e. The molecule has 154 valence electrons. The number of piperidine rings is 1. The molecule has 8 heteroatoms. The highest BCUT2D eigenvalue weighted by molar-refractivity contribution is 14.0. The number of nitrogens with zero attached hydrogens (tertiary/aromatic N) is 5. The predicted molar refractivity (Wildman–Crippen MR) is 122 cm³/mol. The van der Waals surface area contributed by atoms with Crippen LogP contribution in [0.4, 0.5) is 0 Å². The van der Waals surface area contributed by atoms with Gasteiger partial charge in [-0.25, -0.2) is 0 Å². The van der Waals surface area contributed by atoms with Gasteiger partial charge in [-0.1, -0.05) is 18.2 Å². The van der Waals surface area contributed by atoms with E-state index in [0.717, 1.165) is 70.1 Å². The smallest absolute Gasteiger partial charge is 0.193 e. The molecular weight excluding hydrogens is 467 g/mol. The molecule has 2 aromatic rings. The quantitative estimate of drug-likeness (QED) is 0.262. The van der Waals surface area contributed by atoms with Gasteiger partial charge in [0.05, 0.1) is 0 Å². The van der Waals surface area contributed by atoms with Gasteiger partial charge >= 0.3 is 0 Å². The van der Waals surface area contributed by atoms with Crippen molar-refractivity contribution < 1.29 is 4.74 Å². The van der Waals surface area contributed by atoms with Crippen LogP contribution in [0, 0.1) is 0 Å². The number of guanidine groups is 1. The second-order valence-electron chi connectivity index (χ2n) is 6.76. The van der Waals surface area contributed by atoms with Crippen molar-refractivity contribution in [1.29, 1.82) is 0 Å². The summed E-state index contributed by atoms with van der Waals surface area (Å²) < 4.78 is 8.10. The number of benzene rings is 1. The lowest BCUT2D eigenvalue weighted by Gasteiger charge is -2.34. The highest BCUT2D eigenvalue weighted by Crippen LogP contribution is 2.18. The molecule has 28 heavy (non-hydrogen) atoms. The topological polar surface area (TPSA) is 67.6 Å². The molecule has 1 N–H and O–H groups in total. The highest BCUT2D eigenvalue weighted by Gasteiger charge is 2.22. The van der Waals surface area contributed by atoms with Crippen LogP contribution in [-0.4, -0.2) is 57.9 Å². The summed E-state index contributed by atoms with van der Waals surface area (Å²) in [4.78, 5) is 7.17. The third-order valence-corrected chi connectivity index (χ3v) is 4.67. The first kappa shape index (κ1) is 22.4. The Hall–Kier alpha value is -1.84. The van der Waals surface area contributed by atoms with E-state index in [4.69, 9.17) is 9.73 Å². The van der Waals surface area contributed by atoms with E-state index in [9.17, 15) is 0 Å². The number of ether oxygens (including phenoxy) is 1. The van der Waals surface area contributed by atoms with Gasteiger partial charge in [0.1, 0.15) is 24.5 Å². The molecule has 0 atom stereocenters. The second kappa shape index (κ2) is 12.6. The van der Waals surface area contributed by atoms with Gasteiger partial charge in [0.15, 0.2) is 5.96 Å². The predicted octanol–water partition coefficient (Wildman–Crippen LogP) is 3.19. The van der Waals surface area contributed by atoms with Crippen molar-refractivity contribution in [3.8, 4) is 5.75 Å². The van der Waals surface area contributed by atoms with Crippen molar-refractivity contribution in [3.05, 3.63) is 43.0 Å². The maximum Gasteiger partial charge on any atom is 0.193 e. The number of likely N-dealkylation sites (tertiary alicyclic amines) is 1. The Bertz CT molecular complexity index is 671. The summed E-state index contributed by atoms with van der Waals surface area (Å²) in [7, 11) is 0. The van der Waals surface area contributed by atoms with E-state index in [1.165, 1.54) is 0 Å². The largest absolute Gasteiger partial charge is 0.490 e. The monoisotopic (exact) mass is 498 g/mol. The summed E-state index contributed by atoms with van der Waals surface area (Å²) in [6.07, 6.45) is 7.98. The molecule has 1 saturated heterocycles. The number of rotatable bonds is 8. The van der Waals surface area contributed by atoms with Gasteiger partial charge < -0.3 is 19.5 Å². The van der Waals surface area contributed by atoms with Crippen molar-refractivity contribution >= 4 is 29.9 Å². The van der Waals surface area contributed by atoms with E-state index in [0.29, 0.717) is 0 Å². The van der Waals surface area contributed by atoms with Crippen molar-refractivity contribution in [2.45, 2.75) is 45.3 Å². The van der Waals surface area contributed by atoms with Gasteiger partial charge in [0, 0.05) is 45.6 Å². The average Bonchev–Trinajstić information content (AvgIpc) is 3.22. The zero-order valence-corrected chi connectivity index (χ0v) is 18.9. The highest BCUT2D eigenvalue weighted by atomic mass is 127. The van der Waals surface area contributed by atoms with Crippen molar-refractivity contribution in [2.75, 3.05) is 26.2 Å². The molecule has 0 unspecified atom stereocenters. The molecule has 0 saturated carbocycles. The first-order valence-corrected chi connectivity index (χ1v) is 9.92. The zero-order chi connectivity index (χ0) is 18.7. The number of aliphatic imine (C=N–C) groups is 1. The second-order valence-corrected chi connectivity index (χ2v) is 6.76. The van der Waals surface area contributed by atoms with Gasteiger partial charge in [0.25, 0.3) is 0 Å². The van der Waals surface area contributed by atoms with E-state index < -0.39 is 0 Å². The van der Waals surface area contributed by atoms with Crippen molar-refractivity contribution in [2.24, 2.45) is 4.99 Å². The van der Waals surface area contributed by atoms with E-state index >= 15 is 0 Å². The Morgan fingerprint density at radius 1 is 1.14 bits per heavy atom. The molecule has 3 rings (SSSR count). The molecule has 0 amide bonds. The molecule has 2 heterocycles. The average molecular weight is 498 g/mol. The summed E-state index contributed by atoms with van der Waals surface area (Å²) >= 11 is 0. The zero-order valence-electron chi connectivity index (χ0n) is 16.5. The summed E-state index contributed by atoms with van der Waals surface area (Å²) in [5, 5.41) is 11.1. The SMILES string of the molecule is CCNC(=NCCCCn1cnnc1)N1CCC(Oc2ccccc2)CC1.I. The van der Waals surface area contributed by atoms with Crippen molar-refractivity contribution in [1.82, 2.24) is 25.0 Å². The minimum absolute atomic E-state index is 0. The number of unbranched alkanes of at least 4 members (excludes halogenated alkanes) is 1. The fourth-order valence-electron chi connectivity index (χ4n) is 3.23. The lowest BCUT2D eigenvalue weighted by molar-refractivity contribution is 0.129. The first-order chi connectivity index (χ1) is 13.3. The molecule has 0 spiro atoms. The lowest BCUT2D eigenvalue weighted by atomic mass is 10.1.